The highest BCUT2D eigenvalue weighted by molar-refractivity contribution is 4.89. The molecule has 2 N–H and O–H groups in total. The third kappa shape index (κ3) is 4.71. The van der Waals surface area contributed by atoms with E-state index in [0.717, 1.165) is 32.6 Å². The van der Waals surface area contributed by atoms with E-state index in [1.807, 2.05) is 7.05 Å². The molecule has 1 aliphatic heterocycles. The second kappa shape index (κ2) is 6.53. The van der Waals surface area contributed by atoms with Crippen LogP contribution in [-0.2, 0) is 0 Å². The van der Waals surface area contributed by atoms with Crippen molar-refractivity contribution >= 4 is 0 Å². The van der Waals surface area contributed by atoms with Crippen molar-refractivity contribution < 1.29 is 5.11 Å². The Morgan fingerprint density at radius 3 is 2.00 bits per heavy atom. The van der Waals surface area contributed by atoms with E-state index in [4.69, 9.17) is 0 Å². The van der Waals surface area contributed by atoms with Crippen LogP contribution >= 0.6 is 0 Å². The molecule has 0 aromatic heterocycles. The van der Waals surface area contributed by atoms with E-state index in [1.165, 1.54) is 0 Å². The van der Waals surface area contributed by atoms with Crippen molar-refractivity contribution in [1.29, 1.82) is 0 Å². The summed E-state index contributed by atoms with van der Waals surface area (Å²) in [6.45, 7) is 16.0. The third-order valence-corrected chi connectivity index (χ3v) is 4.58. The van der Waals surface area contributed by atoms with Crippen LogP contribution in [0.2, 0.25) is 0 Å². The molecule has 1 fully saturated rings. The number of aliphatic hydroxyl groups excluding tert-OH is 1. The van der Waals surface area contributed by atoms with Gasteiger partial charge >= 0.3 is 0 Å². The summed E-state index contributed by atoms with van der Waals surface area (Å²) in [5.41, 5.74) is 0.112. The van der Waals surface area contributed by atoms with E-state index in [0.29, 0.717) is 6.04 Å². The smallest absolute Gasteiger partial charge is 0.0611 e. The van der Waals surface area contributed by atoms with Gasteiger partial charge in [0.25, 0.3) is 0 Å². The van der Waals surface area contributed by atoms with E-state index in [2.05, 4.69) is 49.7 Å². The summed E-state index contributed by atoms with van der Waals surface area (Å²) in [6, 6.07) is 0.506. The minimum absolute atomic E-state index is 0.166. The van der Waals surface area contributed by atoms with Gasteiger partial charge < -0.3 is 10.4 Å². The topological polar surface area (TPSA) is 38.7 Å². The average Bonchev–Trinajstić information content (AvgIpc) is 2.37. The van der Waals surface area contributed by atoms with Gasteiger partial charge in [0.1, 0.15) is 0 Å². The Labute approximate surface area is 119 Å². The van der Waals surface area contributed by atoms with E-state index in [-0.39, 0.29) is 17.7 Å². The summed E-state index contributed by atoms with van der Waals surface area (Å²) in [5.74, 6) is 0. The monoisotopic (exact) mass is 271 g/mol. The molecule has 1 rings (SSSR count). The Bertz CT molecular complexity index is 263. The van der Waals surface area contributed by atoms with Crippen molar-refractivity contribution in [1.82, 2.24) is 15.1 Å². The first kappa shape index (κ1) is 16.9. The van der Waals surface area contributed by atoms with Crippen molar-refractivity contribution in [3.63, 3.8) is 0 Å². The largest absolute Gasteiger partial charge is 0.394 e. The lowest BCUT2D eigenvalue weighted by Crippen LogP contribution is -2.57. The predicted molar refractivity (Wildman–Crippen MR) is 81.5 cm³/mol. The molecule has 0 amide bonds. The van der Waals surface area contributed by atoms with E-state index < -0.39 is 0 Å². The fourth-order valence-electron chi connectivity index (χ4n) is 2.86. The summed E-state index contributed by atoms with van der Waals surface area (Å²) in [6.07, 6.45) is 0.982. The number of rotatable bonds is 5. The maximum Gasteiger partial charge on any atom is 0.0611 e. The van der Waals surface area contributed by atoms with Crippen LogP contribution in [0.15, 0.2) is 0 Å². The molecule has 2 unspecified atom stereocenters. The van der Waals surface area contributed by atoms with Gasteiger partial charge in [-0.1, -0.05) is 0 Å². The van der Waals surface area contributed by atoms with Crippen molar-refractivity contribution in [3.8, 4) is 0 Å². The van der Waals surface area contributed by atoms with Gasteiger partial charge in [0.2, 0.25) is 0 Å². The standard InChI is InChI=1S/C15H33N3O/c1-13(11-15(5,12-19)16-6)17-7-9-18(10-8-17)14(2,3)4/h13,16,19H,7-12H2,1-6H3. The van der Waals surface area contributed by atoms with Gasteiger partial charge in [0.15, 0.2) is 0 Å². The molecule has 0 saturated carbocycles. The highest BCUT2D eigenvalue weighted by atomic mass is 16.3. The Kier molecular flexibility index (Phi) is 5.80. The lowest BCUT2D eigenvalue weighted by Gasteiger charge is -2.45. The predicted octanol–water partition coefficient (Wildman–Crippen LogP) is 1.15. The van der Waals surface area contributed by atoms with Gasteiger partial charge in [-0.2, -0.15) is 0 Å². The van der Waals surface area contributed by atoms with Gasteiger partial charge in [-0.05, 0) is 48.1 Å². The van der Waals surface area contributed by atoms with Crippen LogP contribution in [-0.4, -0.2) is 71.9 Å². The first-order chi connectivity index (χ1) is 8.72. The molecule has 4 heteroatoms. The number of nitrogens with one attached hydrogen (secondary N) is 1. The van der Waals surface area contributed by atoms with Crippen molar-refractivity contribution in [2.45, 2.75) is 58.2 Å². The molecular weight excluding hydrogens is 238 g/mol. The first-order valence-electron chi connectivity index (χ1n) is 7.51. The molecule has 0 bridgehead atoms. The Morgan fingerprint density at radius 2 is 1.63 bits per heavy atom. The van der Waals surface area contributed by atoms with Crippen LogP contribution in [0, 0.1) is 0 Å². The zero-order chi connectivity index (χ0) is 14.7. The first-order valence-corrected chi connectivity index (χ1v) is 7.51. The maximum absolute atomic E-state index is 9.49. The number of likely N-dealkylation sites (N-methyl/N-ethyl adjacent to an activating group) is 1. The summed E-state index contributed by atoms with van der Waals surface area (Å²) in [7, 11) is 1.93. The van der Waals surface area contributed by atoms with Crippen molar-refractivity contribution in [3.05, 3.63) is 0 Å². The maximum atomic E-state index is 9.49. The fraction of sp³-hybridized carbons (Fsp3) is 1.00. The van der Waals surface area contributed by atoms with Crippen LogP contribution in [0.3, 0.4) is 0 Å². The highest BCUT2D eigenvalue weighted by Gasteiger charge is 2.31. The van der Waals surface area contributed by atoms with Gasteiger partial charge in [-0.15, -0.1) is 0 Å². The Morgan fingerprint density at radius 1 is 1.11 bits per heavy atom. The van der Waals surface area contributed by atoms with Crippen LogP contribution in [0.5, 0.6) is 0 Å². The second-order valence-corrected chi connectivity index (χ2v) is 7.22. The lowest BCUT2D eigenvalue weighted by molar-refractivity contribution is 0.0335. The molecule has 0 aromatic rings. The van der Waals surface area contributed by atoms with Crippen LogP contribution in [0.4, 0.5) is 0 Å². The molecule has 0 spiro atoms. The molecule has 1 aliphatic rings. The van der Waals surface area contributed by atoms with E-state index in [9.17, 15) is 5.11 Å². The van der Waals surface area contributed by atoms with Gasteiger partial charge in [0.05, 0.1) is 6.61 Å². The van der Waals surface area contributed by atoms with Crippen LogP contribution < -0.4 is 5.32 Å². The van der Waals surface area contributed by atoms with E-state index >= 15 is 0 Å². The molecule has 1 heterocycles. The quantitative estimate of drug-likeness (QED) is 0.787. The zero-order valence-electron chi connectivity index (χ0n) is 13.7. The Hall–Kier alpha value is -0.160. The SMILES string of the molecule is CNC(C)(CO)CC(C)N1CCN(C(C)(C)C)CC1. The van der Waals surface area contributed by atoms with E-state index in [1.54, 1.807) is 0 Å². The number of hydrogen-bond donors (Lipinski definition) is 2. The van der Waals surface area contributed by atoms with Gasteiger partial charge in [0, 0.05) is 43.3 Å². The second-order valence-electron chi connectivity index (χ2n) is 7.22. The minimum Gasteiger partial charge on any atom is -0.394 e. The average molecular weight is 271 g/mol. The summed E-state index contributed by atoms with van der Waals surface area (Å²) in [5, 5.41) is 12.7. The summed E-state index contributed by atoms with van der Waals surface area (Å²) < 4.78 is 0. The van der Waals surface area contributed by atoms with Gasteiger partial charge in [-0.25, -0.2) is 0 Å². The number of hydrogen-bond acceptors (Lipinski definition) is 4. The van der Waals surface area contributed by atoms with Crippen molar-refractivity contribution in [2.75, 3.05) is 39.8 Å². The molecule has 0 aromatic carbocycles. The van der Waals surface area contributed by atoms with Crippen LogP contribution in [0.1, 0.15) is 41.0 Å². The van der Waals surface area contributed by atoms with Crippen LogP contribution in [0.25, 0.3) is 0 Å². The van der Waals surface area contributed by atoms with Crippen molar-refractivity contribution in [2.24, 2.45) is 0 Å². The van der Waals surface area contributed by atoms with Gasteiger partial charge in [-0.3, -0.25) is 9.80 Å². The number of aliphatic hydroxyl groups is 1. The summed E-state index contributed by atoms with van der Waals surface area (Å²) in [4.78, 5) is 5.10. The molecule has 2 atom stereocenters. The number of piperazine rings is 1. The highest BCUT2D eigenvalue weighted by Crippen LogP contribution is 2.20. The Balaban J connectivity index is 2.47. The fourth-order valence-corrected chi connectivity index (χ4v) is 2.86. The zero-order valence-corrected chi connectivity index (χ0v) is 13.7. The number of nitrogens with zero attached hydrogens (tertiary/aromatic N) is 2. The molecule has 114 valence electrons. The molecule has 0 radical (unpaired) electrons. The normalized spacial score (nSPS) is 24.2. The summed E-state index contributed by atoms with van der Waals surface area (Å²) >= 11 is 0. The third-order valence-electron chi connectivity index (χ3n) is 4.58. The lowest BCUT2D eigenvalue weighted by atomic mass is 9.93. The molecule has 4 nitrogen and oxygen atoms in total. The molecule has 1 saturated heterocycles. The minimum atomic E-state index is -0.166. The molecule has 19 heavy (non-hydrogen) atoms. The molecule has 0 aliphatic carbocycles. The molecular formula is C15H33N3O.